The Balaban J connectivity index is 3.75. The standard InChI is InChI=1S/C39H77NO5S/c1-3-5-7-9-11-13-14-15-16-17-18-19-20-21-22-23-24-25-27-29-31-33-35-39(42)40-37(36-46(43,44)45)38(41)34-32-30-28-26-12-10-8-6-4-2/h32,34,37-38,41H,3-31,33,35-36H2,1-2H3,(H,40,42)(H,43,44,45)/b34-32+. The van der Waals surface area contributed by atoms with Gasteiger partial charge in [-0.3, -0.25) is 9.35 Å². The van der Waals surface area contributed by atoms with E-state index in [0.717, 1.165) is 38.5 Å². The Morgan fingerprint density at radius 2 is 0.891 bits per heavy atom. The second kappa shape index (κ2) is 34.0. The van der Waals surface area contributed by atoms with Gasteiger partial charge in [0.1, 0.15) is 0 Å². The van der Waals surface area contributed by atoms with Crippen LogP contribution in [0.2, 0.25) is 0 Å². The van der Waals surface area contributed by atoms with E-state index in [1.165, 1.54) is 154 Å². The molecule has 0 aliphatic carbocycles. The molecule has 0 radical (unpaired) electrons. The number of carbonyl (C=O) groups is 1. The quantitative estimate of drug-likeness (QED) is 0.0349. The van der Waals surface area contributed by atoms with Crippen LogP contribution in [0.1, 0.15) is 213 Å². The number of aliphatic hydroxyl groups is 1. The second-order valence-corrected chi connectivity index (χ2v) is 15.4. The number of unbranched alkanes of at least 4 members (excludes halogenated alkanes) is 28. The molecule has 7 heteroatoms. The molecule has 0 aromatic rings. The zero-order valence-electron chi connectivity index (χ0n) is 30.5. The first-order chi connectivity index (χ1) is 22.3. The molecule has 3 N–H and O–H groups in total. The summed E-state index contributed by atoms with van der Waals surface area (Å²) in [6, 6.07) is -1.05. The van der Waals surface area contributed by atoms with Gasteiger partial charge in [-0.15, -0.1) is 0 Å². The molecule has 0 aliphatic rings. The highest BCUT2D eigenvalue weighted by atomic mass is 32.2. The first kappa shape index (κ1) is 45.1. The molecule has 0 bridgehead atoms. The van der Waals surface area contributed by atoms with E-state index in [9.17, 15) is 22.9 Å². The topological polar surface area (TPSA) is 104 Å². The fourth-order valence-electron chi connectivity index (χ4n) is 6.21. The van der Waals surface area contributed by atoms with Crippen LogP contribution in [0.5, 0.6) is 0 Å². The second-order valence-electron chi connectivity index (χ2n) is 13.9. The molecule has 0 heterocycles. The smallest absolute Gasteiger partial charge is 0.267 e. The summed E-state index contributed by atoms with van der Waals surface area (Å²) < 4.78 is 32.3. The molecular weight excluding hydrogens is 594 g/mol. The van der Waals surface area contributed by atoms with Crippen LogP contribution in [0.15, 0.2) is 12.2 Å². The van der Waals surface area contributed by atoms with E-state index in [-0.39, 0.29) is 5.91 Å². The molecule has 46 heavy (non-hydrogen) atoms. The number of hydrogen-bond acceptors (Lipinski definition) is 4. The molecule has 2 atom stereocenters. The first-order valence-electron chi connectivity index (χ1n) is 19.9. The van der Waals surface area contributed by atoms with Crippen molar-refractivity contribution in [1.82, 2.24) is 5.32 Å². The lowest BCUT2D eigenvalue weighted by Crippen LogP contribution is -2.46. The zero-order chi connectivity index (χ0) is 34.0. The third-order valence-corrected chi connectivity index (χ3v) is 9.99. The third kappa shape index (κ3) is 34.4. The van der Waals surface area contributed by atoms with Gasteiger partial charge in [0.05, 0.1) is 17.9 Å². The number of carbonyl (C=O) groups excluding carboxylic acids is 1. The van der Waals surface area contributed by atoms with Crippen molar-refractivity contribution in [3.8, 4) is 0 Å². The number of aliphatic hydroxyl groups excluding tert-OH is 1. The van der Waals surface area contributed by atoms with Crippen molar-refractivity contribution in [1.29, 1.82) is 0 Å². The van der Waals surface area contributed by atoms with Gasteiger partial charge in [0, 0.05) is 6.42 Å². The van der Waals surface area contributed by atoms with Crippen molar-refractivity contribution >= 4 is 16.0 Å². The summed E-state index contributed by atoms with van der Waals surface area (Å²) in [6.07, 6.45) is 40.7. The number of hydrogen-bond donors (Lipinski definition) is 3. The maximum Gasteiger partial charge on any atom is 0.267 e. The number of allylic oxidation sites excluding steroid dienone is 1. The Hall–Kier alpha value is -0.920. The summed E-state index contributed by atoms with van der Waals surface area (Å²) in [4.78, 5) is 12.5. The SMILES string of the molecule is CCCCCCCCC/C=C/C(O)C(CS(=O)(=O)O)NC(=O)CCCCCCCCCCCCCCCCCCCCCCCC. The number of amides is 1. The lowest BCUT2D eigenvalue weighted by Gasteiger charge is -2.21. The zero-order valence-corrected chi connectivity index (χ0v) is 31.3. The average Bonchev–Trinajstić information content (AvgIpc) is 3.01. The summed E-state index contributed by atoms with van der Waals surface area (Å²) in [5.41, 5.74) is 0. The Morgan fingerprint density at radius 3 is 1.24 bits per heavy atom. The van der Waals surface area contributed by atoms with Crippen molar-refractivity contribution in [2.24, 2.45) is 0 Å². The molecule has 6 nitrogen and oxygen atoms in total. The van der Waals surface area contributed by atoms with Gasteiger partial charge in [0.15, 0.2) is 0 Å². The molecule has 0 saturated heterocycles. The highest BCUT2D eigenvalue weighted by molar-refractivity contribution is 7.85. The van der Waals surface area contributed by atoms with Gasteiger partial charge in [0.25, 0.3) is 10.1 Å². The van der Waals surface area contributed by atoms with Crippen molar-refractivity contribution in [2.75, 3.05) is 5.75 Å². The van der Waals surface area contributed by atoms with E-state index in [1.807, 2.05) is 6.08 Å². The minimum absolute atomic E-state index is 0.277. The van der Waals surface area contributed by atoms with E-state index in [2.05, 4.69) is 19.2 Å². The molecular formula is C39H77NO5S. The Bertz CT molecular complexity index is 785. The highest BCUT2D eigenvalue weighted by Crippen LogP contribution is 2.16. The number of nitrogens with one attached hydrogen (secondary N) is 1. The molecule has 274 valence electrons. The van der Waals surface area contributed by atoms with Crippen LogP contribution < -0.4 is 5.32 Å². The minimum atomic E-state index is -4.33. The molecule has 0 saturated carbocycles. The molecule has 2 unspecified atom stereocenters. The summed E-state index contributed by atoms with van der Waals surface area (Å²) in [5, 5.41) is 13.1. The maximum atomic E-state index is 12.5. The molecule has 0 spiro atoms. The van der Waals surface area contributed by atoms with Crippen LogP contribution in [0.25, 0.3) is 0 Å². The lowest BCUT2D eigenvalue weighted by molar-refractivity contribution is -0.122. The predicted octanol–water partition coefficient (Wildman–Crippen LogP) is 11.4. The van der Waals surface area contributed by atoms with E-state index in [4.69, 9.17) is 0 Å². The van der Waals surface area contributed by atoms with Crippen molar-refractivity contribution in [2.45, 2.75) is 225 Å². The summed E-state index contributed by atoms with van der Waals surface area (Å²) in [6.45, 7) is 4.49. The molecule has 0 aliphatic heterocycles. The third-order valence-electron chi connectivity index (χ3n) is 9.21. The van der Waals surface area contributed by atoms with Gasteiger partial charge in [-0.1, -0.05) is 199 Å². The summed E-state index contributed by atoms with van der Waals surface area (Å²) in [7, 11) is -4.33. The van der Waals surface area contributed by atoms with Gasteiger partial charge >= 0.3 is 0 Å². The van der Waals surface area contributed by atoms with Gasteiger partial charge in [-0.05, 0) is 19.3 Å². The van der Waals surface area contributed by atoms with Crippen LogP contribution in [-0.2, 0) is 14.9 Å². The normalized spacial score (nSPS) is 13.4. The average molecular weight is 672 g/mol. The Kier molecular flexibility index (Phi) is 33.3. The lowest BCUT2D eigenvalue weighted by atomic mass is 10.0. The van der Waals surface area contributed by atoms with Gasteiger partial charge in [0.2, 0.25) is 5.91 Å². The van der Waals surface area contributed by atoms with E-state index < -0.39 is 28.0 Å². The van der Waals surface area contributed by atoms with Crippen LogP contribution in [0.3, 0.4) is 0 Å². The van der Waals surface area contributed by atoms with Crippen molar-refractivity contribution in [3.05, 3.63) is 12.2 Å². The van der Waals surface area contributed by atoms with E-state index in [0.29, 0.717) is 6.42 Å². The molecule has 1 amide bonds. The first-order valence-corrected chi connectivity index (χ1v) is 21.5. The predicted molar refractivity (Wildman–Crippen MR) is 198 cm³/mol. The molecule has 0 rings (SSSR count). The summed E-state index contributed by atoms with van der Waals surface area (Å²) >= 11 is 0. The van der Waals surface area contributed by atoms with Gasteiger partial charge in [-0.25, -0.2) is 0 Å². The number of rotatable bonds is 36. The van der Waals surface area contributed by atoms with E-state index in [1.54, 1.807) is 6.08 Å². The summed E-state index contributed by atoms with van der Waals surface area (Å²) in [5.74, 6) is -0.970. The largest absolute Gasteiger partial charge is 0.387 e. The molecule has 0 fully saturated rings. The van der Waals surface area contributed by atoms with Crippen LogP contribution in [0, 0.1) is 0 Å². The van der Waals surface area contributed by atoms with Gasteiger partial charge < -0.3 is 10.4 Å². The molecule has 0 aromatic heterocycles. The fourth-order valence-corrected chi connectivity index (χ4v) is 6.95. The van der Waals surface area contributed by atoms with E-state index >= 15 is 0 Å². The van der Waals surface area contributed by atoms with Crippen LogP contribution in [-0.4, -0.2) is 41.9 Å². The molecule has 0 aromatic carbocycles. The van der Waals surface area contributed by atoms with Crippen LogP contribution >= 0.6 is 0 Å². The van der Waals surface area contributed by atoms with Crippen molar-refractivity contribution < 1.29 is 22.9 Å². The fraction of sp³-hybridized carbons (Fsp3) is 0.923. The monoisotopic (exact) mass is 672 g/mol. The van der Waals surface area contributed by atoms with Crippen LogP contribution in [0.4, 0.5) is 0 Å². The van der Waals surface area contributed by atoms with Gasteiger partial charge in [-0.2, -0.15) is 8.42 Å². The minimum Gasteiger partial charge on any atom is -0.387 e. The highest BCUT2D eigenvalue weighted by Gasteiger charge is 2.24. The Labute approximate surface area is 286 Å². The van der Waals surface area contributed by atoms with Crippen molar-refractivity contribution in [3.63, 3.8) is 0 Å². The Morgan fingerprint density at radius 1 is 0.565 bits per heavy atom. The maximum absolute atomic E-state index is 12.5.